The molecular weight excluding hydrogens is 476 g/mol. The number of carbonyl (C=O) groups excluding carboxylic acids is 2. The summed E-state index contributed by atoms with van der Waals surface area (Å²) in [7, 11) is 1.29. The molecule has 1 amide bonds. The highest BCUT2D eigenvalue weighted by molar-refractivity contribution is 6.31. The predicted molar refractivity (Wildman–Crippen MR) is 141 cm³/mol. The molecule has 0 aliphatic carbocycles. The minimum absolute atomic E-state index is 0.104. The lowest BCUT2D eigenvalue weighted by Gasteiger charge is -2.14. The Morgan fingerprint density at radius 3 is 2.31 bits per heavy atom. The second-order valence-corrected chi connectivity index (χ2v) is 8.69. The summed E-state index contributed by atoms with van der Waals surface area (Å²) in [6.07, 6.45) is 2.06. The van der Waals surface area contributed by atoms with E-state index in [0.717, 1.165) is 11.1 Å². The van der Waals surface area contributed by atoms with E-state index >= 15 is 0 Å². The molecule has 0 aliphatic rings. The highest BCUT2D eigenvalue weighted by atomic mass is 35.5. The highest BCUT2D eigenvalue weighted by Gasteiger charge is 2.15. The van der Waals surface area contributed by atoms with E-state index in [9.17, 15) is 14.9 Å². The second-order valence-electron chi connectivity index (χ2n) is 8.28. The number of hydrogen-bond donors (Lipinski definition) is 1. The Balaban J connectivity index is 1.87. The van der Waals surface area contributed by atoms with Gasteiger partial charge >= 0.3 is 5.97 Å². The van der Waals surface area contributed by atoms with Crippen LogP contribution in [-0.2, 0) is 16.0 Å². The zero-order valence-corrected chi connectivity index (χ0v) is 21.4. The van der Waals surface area contributed by atoms with Crippen LogP contribution >= 0.6 is 11.6 Å². The lowest BCUT2D eigenvalue weighted by molar-refractivity contribution is -0.112. The van der Waals surface area contributed by atoms with Crippen LogP contribution in [0.25, 0.3) is 6.08 Å². The summed E-state index contributed by atoms with van der Waals surface area (Å²) in [5.41, 5.74) is 5.55. The Morgan fingerprint density at radius 1 is 1.06 bits per heavy atom. The quantitative estimate of drug-likeness (QED) is 0.222. The van der Waals surface area contributed by atoms with Crippen molar-refractivity contribution < 1.29 is 19.1 Å². The number of esters is 1. The van der Waals surface area contributed by atoms with Crippen LogP contribution in [0.2, 0.25) is 5.02 Å². The van der Waals surface area contributed by atoms with E-state index in [0.29, 0.717) is 40.6 Å². The molecule has 0 fully saturated rings. The second kappa shape index (κ2) is 12.1. The van der Waals surface area contributed by atoms with Crippen molar-refractivity contribution in [2.45, 2.75) is 27.2 Å². The van der Waals surface area contributed by atoms with E-state index in [4.69, 9.17) is 16.3 Å². The number of carbonyl (C=O) groups is 2. The van der Waals surface area contributed by atoms with Gasteiger partial charge in [0.2, 0.25) is 0 Å². The maximum Gasteiger partial charge on any atom is 0.337 e. The molecule has 0 radical (unpaired) electrons. The smallest absolute Gasteiger partial charge is 0.337 e. The van der Waals surface area contributed by atoms with Crippen molar-refractivity contribution in [3.63, 3.8) is 0 Å². The fraction of sp³-hybridized carbons (Fsp3) is 0.207. The number of halogens is 1. The summed E-state index contributed by atoms with van der Waals surface area (Å²) in [6.45, 7) is 6.43. The molecule has 36 heavy (non-hydrogen) atoms. The number of methoxy groups -OCH3 is 1. The van der Waals surface area contributed by atoms with Gasteiger partial charge < -0.3 is 14.8 Å². The van der Waals surface area contributed by atoms with Gasteiger partial charge in [0.25, 0.3) is 5.91 Å². The molecule has 1 N–H and O–H groups in total. The third-order valence-corrected chi connectivity index (χ3v) is 5.72. The summed E-state index contributed by atoms with van der Waals surface area (Å²) < 4.78 is 10.5. The summed E-state index contributed by atoms with van der Waals surface area (Å²) in [5, 5.41) is 12.8. The zero-order chi connectivity index (χ0) is 26.2. The number of amides is 1. The van der Waals surface area contributed by atoms with E-state index in [1.807, 2.05) is 13.0 Å². The number of anilines is 1. The average molecular weight is 503 g/mol. The van der Waals surface area contributed by atoms with E-state index in [1.54, 1.807) is 24.3 Å². The Morgan fingerprint density at radius 2 is 1.72 bits per heavy atom. The molecule has 6 nitrogen and oxygen atoms in total. The molecule has 3 aromatic rings. The van der Waals surface area contributed by atoms with Gasteiger partial charge in [-0.1, -0.05) is 40.9 Å². The summed E-state index contributed by atoms with van der Waals surface area (Å²) in [5.74, 6) is -0.461. The van der Waals surface area contributed by atoms with Gasteiger partial charge in [0.15, 0.2) is 0 Å². The molecule has 0 unspecified atom stereocenters. The molecule has 184 valence electrons. The van der Waals surface area contributed by atoms with Crippen LogP contribution < -0.4 is 10.1 Å². The van der Waals surface area contributed by atoms with Crippen LogP contribution in [0.15, 0.2) is 60.2 Å². The van der Waals surface area contributed by atoms with Gasteiger partial charge in [-0.05, 0) is 74.4 Å². The molecule has 0 saturated carbocycles. The van der Waals surface area contributed by atoms with Crippen LogP contribution in [0.5, 0.6) is 5.75 Å². The number of nitrogens with one attached hydrogen (secondary N) is 1. The molecular formula is C29H27ClN2O4. The average Bonchev–Trinajstić information content (AvgIpc) is 2.84. The van der Waals surface area contributed by atoms with Crippen molar-refractivity contribution in [1.82, 2.24) is 0 Å². The van der Waals surface area contributed by atoms with Gasteiger partial charge in [0.05, 0.1) is 19.3 Å². The molecule has 0 heterocycles. The fourth-order valence-corrected chi connectivity index (χ4v) is 4.15. The number of ether oxygens (including phenoxy) is 2. The van der Waals surface area contributed by atoms with E-state index in [2.05, 4.69) is 42.1 Å². The molecule has 0 aromatic heterocycles. The number of benzene rings is 3. The maximum atomic E-state index is 12.7. The number of rotatable bonds is 8. The Kier molecular flexibility index (Phi) is 8.88. The van der Waals surface area contributed by atoms with E-state index in [1.165, 1.54) is 36.4 Å². The topological polar surface area (TPSA) is 88.4 Å². The standard InChI is InChI=1S/C29H27ClN2O4/c1-5-36-27-16-21(15-26(30)25(27)14-20-11-18(2)10-19(3)12-20)13-23(17-31)28(33)32-24-8-6-22(7-9-24)29(34)35-4/h6-13,15-16H,5,14H2,1-4H3,(H,32,33)/b23-13+. The summed E-state index contributed by atoms with van der Waals surface area (Å²) >= 11 is 6.66. The third-order valence-electron chi connectivity index (χ3n) is 5.38. The number of aryl methyl sites for hydroxylation is 2. The van der Waals surface area contributed by atoms with Gasteiger partial charge in [0, 0.05) is 22.7 Å². The molecule has 0 atom stereocenters. The molecule has 0 spiro atoms. The largest absolute Gasteiger partial charge is 0.494 e. The fourth-order valence-electron chi connectivity index (χ4n) is 3.87. The van der Waals surface area contributed by atoms with E-state index < -0.39 is 11.9 Å². The van der Waals surface area contributed by atoms with Gasteiger partial charge in [-0.15, -0.1) is 0 Å². The number of hydrogen-bond acceptors (Lipinski definition) is 5. The van der Waals surface area contributed by atoms with Crippen molar-refractivity contribution in [1.29, 1.82) is 5.26 Å². The summed E-state index contributed by atoms with van der Waals surface area (Å²) in [4.78, 5) is 24.3. The first-order valence-electron chi connectivity index (χ1n) is 11.4. The Bertz CT molecular complexity index is 1330. The van der Waals surface area contributed by atoms with Crippen LogP contribution in [0.3, 0.4) is 0 Å². The van der Waals surface area contributed by atoms with E-state index in [-0.39, 0.29) is 5.57 Å². The van der Waals surface area contributed by atoms with Gasteiger partial charge in [-0.25, -0.2) is 4.79 Å². The molecule has 3 rings (SSSR count). The Labute approximate surface area is 216 Å². The molecule has 0 aliphatic heterocycles. The predicted octanol–water partition coefficient (Wildman–Crippen LogP) is 6.28. The first kappa shape index (κ1) is 26.5. The molecule has 0 saturated heterocycles. The van der Waals surface area contributed by atoms with Crippen LogP contribution in [0, 0.1) is 25.2 Å². The normalized spacial score (nSPS) is 10.9. The Hall–Kier alpha value is -4.08. The van der Waals surface area contributed by atoms with Crippen LogP contribution in [0.4, 0.5) is 5.69 Å². The van der Waals surface area contributed by atoms with Crippen molar-refractivity contribution >= 4 is 35.2 Å². The first-order chi connectivity index (χ1) is 17.2. The van der Waals surface area contributed by atoms with Crippen LogP contribution in [0.1, 0.15) is 45.1 Å². The van der Waals surface area contributed by atoms with Crippen molar-refractivity contribution in [2.75, 3.05) is 19.0 Å². The number of nitriles is 1. The monoisotopic (exact) mass is 502 g/mol. The summed E-state index contributed by atoms with van der Waals surface area (Å²) in [6, 6.07) is 18.0. The van der Waals surface area contributed by atoms with Gasteiger partial charge in [-0.3, -0.25) is 4.79 Å². The minimum Gasteiger partial charge on any atom is -0.494 e. The van der Waals surface area contributed by atoms with Crippen LogP contribution in [-0.4, -0.2) is 25.6 Å². The molecule has 3 aromatic carbocycles. The number of nitrogens with zero attached hydrogens (tertiary/aromatic N) is 1. The van der Waals surface area contributed by atoms with Crippen molar-refractivity contribution in [3.05, 3.63) is 98.6 Å². The zero-order valence-electron chi connectivity index (χ0n) is 20.6. The third kappa shape index (κ3) is 6.74. The lowest BCUT2D eigenvalue weighted by atomic mass is 9.98. The van der Waals surface area contributed by atoms with Gasteiger partial charge in [0.1, 0.15) is 17.4 Å². The van der Waals surface area contributed by atoms with Crippen molar-refractivity contribution in [3.8, 4) is 11.8 Å². The molecule has 0 bridgehead atoms. The van der Waals surface area contributed by atoms with Crippen molar-refractivity contribution in [2.24, 2.45) is 0 Å². The maximum absolute atomic E-state index is 12.7. The minimum atomic E-state index is -0.586. The highest BCUT2D eigenvalue weighted by Crippen LogP contribution is 2.32. The van der Waals surface area contributed by atoms with Gasteiger partial charge in [-0.2, -0.15) is 5.26 Å². The first-order valence-corrected chi connectivity index (χ1v) is 11.8. The lowest BCUT2D eigenvalue weighted by Crippen LogP contribution is -2.13. The SMILES string of the molecule is CCOc1cc(/C=C(\C#N)C(=O)Nc2ccc(C(=O)OC)cc2)cc(Cl)c1Cc1cc(C)cc(C)c1. The molecule has 7 heteroatoms.